The van der Waals surface area contributed by atoms with Crippen LogP contribution in [0.15, 0.2) is 59.6 Å². The summed E-state index contributed by atoms with van der Waals surface area (Å²) in [6, 6.07) is 16.6. The van der Waals surface area contributed by atoms with Crippen LogP contribution in [-0.2, 0) is 16.0 Å². The number of rotatable bonds is 4. The van der Waals surface area contributed by atoms with Crippen LogP contribution in [0.3, 0.4) is 0 Å². The average molecular weight is 433 g/mol. The quantitative estimate of drug-likeness (QED) is 0.755. The molecular formula is C18H16IN3O2. The van der Waals surface area contributed by atoms with Crippen molar-refractivity contribution in [2.24, 2.45) is 4.99 Å². The summed E-state index contributed by atoms with van der Waals surface area (Å²) in [7, 11) is 0. The van der Waals surface area contributed by atoms with Crippen molar-refractivity contribution in [2.45, 2.75) is 19.4 Å². The molecule has 0 saturated heterocycles. The van der Waals surface area contributed by atoms with Crippen molar-refractivity contribution < 1.29 is 9.59 Å². The van der Waals surface area contributed by atoms with Gasteiger partial charge in [0.1, 0.15) is 6.04 Å². The van der Waals surface area contributed by atoms with Crippen LogP contribution in [0.25, 0.3) is 0 Å². The number of carbonyl (C=O) groups is 2. The Hall–Kier alpha value is -2.22. The smallest absolute Gasteiger partial charge is 0.270 e. The lowest BCUT2D eigenvalue weighted by atomic mass is 10.0. The molecule has 0 aromatic heterocycles. The molecule has 122 valence electrons. The van der Waals surface area contributed by atoms with Gasteiger partial charge in [-0.15, -0.1) is 0 Å². The number of ketones is 1. The molecule has 2 aromatic rings. The van der Waals surface area contributed by atoms with E-state index in [1.165, 1.54) is 11.9 Å². The molecule has 1 amide bonds. The van der Waals surface area contributed by atoms with E-state index in [0.717, 1.165) is 9.13 Å². The number of amidine groups is 1. The van der Waals surface area contributed by atoms with Gasteiger partial charge in [-0.25, -0.2) is 5.01 Å². The van der Waals surface area contributed by atoms with Crippen molar-refractivity contribution in [1.82, 2.24) is 5.43 Å². The molecule has 1 aliphatic heterocycles. The second kappa shape index (κ2) is 7.12. The van der Waals surface area contributed by atoms with Crippen molar-refractivity contribution >= 4 is 45.8 Å². The lowest BCUT2D eigenvalue weighted by Crippen LogP contribution is -2.56. The molecule has 6 heteroatoms. The minimum atomic E-state index is -0.619. The van der Waals surface area contributed by atoms with E-state index in [9.17, 15) is 9.59 Å². The number of carbonyl (C=O) groups excluding carboxylic acids is 2. The monoisotopic (exact) mass is 433 g/mol. The zero-order chi connectivity index (χ0) is 17.1. The molecule has 1 atom stereocenters. The van der Waals surface area contributed by atoms with Crippen molar-refractivity contribution in [3.63, 3.8) is 0 Å². The van der Waals surface area contributed by atoms with Gasteiger partial charge < -0.3 is 0 Å². The Balaban J connectivity index is 1.92. The molecule has 3 rings (SSSR count). The van der Waals surface area contributed by atoms with Crippen LogP contribution in [0.4, 0.5) is 5.69 Å². The molecule has 0 spiro atoms. The number of Topliss-reactive ketones (excluding diaryl/α,β-unsaturated/α-hetero) is 1. The molecule has 2 aromatic carbocycles. The lowest BCUT2D eigenvalue weighted by Gasteiger charge is -2.31. The van der Waals surface area contributed by atoms with Crippen LogP contribution in [-0.4, -0.2) is 23.6 Å². The van der Waals surface area contributed by atoms with Crippen molar-refractivity contribution in [3.05, 3.63) is 63.7 Å². The number of nitrogens with one attached hydrogen (secondary N) is 1. The van der Waals surface area contributed by atoms with E-state index in [0.29, 0.717) is 12.1 Å². The van der Waals surface area contributed by atoms with E-state index >= 15 is 0 Å². The molecular weight excluding hydrogens is 417 g/mol. The maximum Gasteiger partial charge on any atom is 0.270 e. The van der Waals surface area contributed by atoms with Gasteiger partial charge >= 0.3 is 0 Å². The molecule has 0 aliphatic carbocycles. The fourth-order valence-electron chi connectivity index (χ4n) is 2.47. The van der Waals surface area contributed by atoms with Gasteiger partial charge in [0, 0.05) is 16.9 Å². The van der Waals surface area contributed by atoms with Gasteiger partial charge in [0.25, 0.3) is 5.91 Å². The highest BCUT2D eigenvalue weighted by atomic mass is 127. The first-order valence-electron chi connectivity index (χ1n) is 7.53. The van der Waals surface area contributed by atoms with Crippen molar-refractivity contribution in [2.75, 3.05) is 5.01 Å². The molecule has 0 saturated carbocycles. The molecule has 0 bridgehead atoms. The Morgan fingerprint density at radius 1 is 1.17 bits per heavy atom. The standard InChI is InChI=1S/C18H16IN3O2/c1-12(23)17-20-16(11-13-5-3-2-4-6-13)18(24)22(21-17)15-9-7-14(19)8-10-15/h2-10,16H,11H2,1H3,(H,20,21). The van der Waals surface area contributed by atoms with E-state index in [2.05, 4.69) is 33.0 Å². The van der Waals surface area contributed by atoms with E-state index in [4.69, 9.17) is 0 Å². The maximum atomic E-state index is 12.8. The highest BCUT2D eigenvalue weighted by molar-refractivity contribution is 14.1. The molecule has 1 unspecified atom stereocenters. The number of hydrogen-bond donors (Lipinski definition) is 1. The number of amides is 1. The fraction of sp³-hybridized carbons (Fsp3) is 0.167. The predicted molar refractivity (Wildman–Crippen MR) is 102 cm³/mol. The predicted octanol–water partition coefficient (Wildman–Crippen LogP) is 2.74. The summed E-state index contributed by atoms with van der Waals surface area (Å²) in [4.78, 5) is 28.9. The van der Waals surface area contributed by atoms with Gasteiger partial charge in [0.15, 0.2) is 11.6 Å². The molecule has 0 fully saturated rings. The number of benzene rings is 2. The third-order valence-corrected chi connectivity index (χ3v) is 4.42. The van der Waals surface area contributed by atoms with Gasteiger partial charge in [-0.05, 0) is 52.4 Å². The number of aliphatic imine (C=N–C) groups is 1. The molecule has 1 N–H and O–H groups in total. The van der Waals surface area contributed by atoms with Crippen LogP contribution in [0, 0.1) is 3.57 Å². The second-order valence-electron chi connectivity index (χ2n) is 5.50. The first-order chi connectivity index (χ1) is 11.5. The van der Waals surface area contributed by atoms with Crippen LogP contribution in [0.2, 0.25) is 0 Å². The molecule has 24 heavy (non-hydrogen) atoms. The molecule has 0 radical (unpaired) electrons. The third-order valence-electron chi connectivity index (χ3n) is 3.70. The Morgan fingerprint density at radius 2 is 1.83 bits per heavy atom. The van der Waals surface area contributed by atoms with Crippen LogP contribution < -0.4 is 10.4 Å². The van der Waals surface area contributed by atoms with E-state index in [1.54, 1.807) is 0 Å². The SMILES string of the molecule is CC(=O)C1=NC(Cc2ccccc2)C(=O)N(c2ccc(I)cc2)N1. The first-order valence-corrected chi connectivity index (χ1v) is 8.61. The van der Waals surface area contributed by atoms with Crippen LogP contribution >= 0.6 is 22.6 Å². The Morgan fingerprint density at radius 3 is 2.46 bits per heavy atom. The summed E-state index contributed by atoms with van der Waals surface area (Å²) in [6.07, 6.45) is 0.457. The third kappa shape index (κ3) is 3.64. The zero-order valence-electron chi connectivity index (χ0n) is 13.1. The summed E-state index contributed by atoms with van der Waals surface area (Å²) < 4.78 is 1.07. The average Bonchev–Trinajstić information content (AvgIpc) is 2.58. The normalized spacial score (nSPS) is 17.2. The fourth-order valence-corrected chi connectivity index (χ4v) is 2.83. The number of hydrogen-bond acceptors (Lipinski definition) is 4. The Kier molecular flexibility index (Phi) is 4.94. The van der Waals surface area contributed by atoms with Gasteiger partial charge in [-0.2, -0.15) is 0 Å². The van der Waals surface area contributed by atoms with Gasteiger partial charge in [0.05, 0.1) is 5.69 Å². The highest BCUT2D eigenvalue weighted by Gasteiger charge is 2.32. The van der Waals surface area contributed by atoms with Gasteiger partial charge in [0.2, 0.25) is 0 Å². The molecule has 1 aliphatic rings. The second-order valence-corrected chi connectivity index (χ2v) is 6.75. The van der Waals surface area contributed by atoms with E-state index in [-0.39, 0.29) is 17.5 Å². The summed E-state index contributed by atoms with van der Waals surface area (Å²) in [5.74, 6) is -0.171. The number of halogens is 1. The summed E-state index contributed by atoms with van der Waals surface area (Å²) in [6.45, 7) is 1.44. The highest BCUT2D eigenvalue weighted by Crippen LogP contribution is 2.20. The summed E-state index contributed by atoms with van der Waals surface area (Å²) >= 11 is 2.20. The topological polar surface area (TPSA) is 61.8 Å². The van der Waals surface area contributed by atoms with Gasteiger partial charge in [-0.1, -0.05) is 30.3 Å². The van der Waals surface area contributed by atoms with Crippen molar-refractivity contribution in [3.8, 4) is 0 Å². The lowest BCUT2D eigenvalue weighted by molar-refractivity contribution is -0.120. The summed E-state index contributed by atoms with van der Waals surface area (Å²) in [5.41, 5.74) is 4.53. The number of nitrogens with zero attached hydrogens (tertiary/aromatic N) is 2. The zero-order valence-corrected chi connectivity index (χ0v) is 15.2. The first kappa shape index (κ1) is 16.6. The maximum absolute atomic E-state index is 12.8. The largest absolute Gasteiger partial charge is 0.291 e. The molecule has 1 heterocycles. The minimum Gasteiger partial charge on any atom is -0.291 e. The Bertz CT molecular complexity index is 788. The van der Waals surface area contributed by atoms with E-state index in [1.807, 2.05) is 54.6 Å². The van der Waals surface area contributed by atoms with E-state index < -0.39 is 6.04 Å². The van der Waals surface area contributed by atoms with Gasteiger partial charge in [-0.3, -0.25) is 20.0 Å². The van der Waals surface area contributed by atoms with Crippen LogP contribution in [0.1, 0.15) is 12.5 Å². The number of hydrazine groups is 1. The molecule has 5 nitrogen and oxygen atoms in total. The summed E-state index contributed by atoms with van der Waals surface area (Å²) in [5, 5.41) is 1.41. The minimum absolute atomic E-state index is 0.176. The van der Waals surface area contributed by atoms with Crippen molar-refractivity contribution in [1.29, 1.82) is 0 Å². The van der Waals surface area contributed by atoms with Crippen LogP contribution in [0.5, 0.6) is 0 Å². The number of anilines is 1. The Labute approximate surface area is 153 Å².